The molecular formula is C19H23NO. The van der Waals surface area contributed by atoms with Crippen molar-refractivity contribution in [2.24, 2.45) is 0 Å². The molecule has 0 aliphatic rings. The minimum absolute atomic E-state index is 0.877. The second kappa shape index (κ2) is 7.65. The van der Waals surface area contributed by atoms with Crippen LogP contribution in [0.4, 0.5) is 0 Å². The molecule has 0 saturated carbocycles. The number of methoxy groups -OCH3 is 1. The maximum atomic E-state index is 5.47. The molecule has 0 heterocycles. The maximum Gasteiger partial charge on any atom is 0.122 e. The normalized spacial score (nSPS) is 11.7. The lowest BCUT2D eigenvalue weighted by atomic mass is 9.97. The summed E-state index contributed by atoms with van der Waals surface area (Å²) in [5.74, 6) is 0.948. The van der Waals surface area contributed by atoms with Gasteiger partial charge >= 0.3 is 0 Å². The van der Waals surface area contributed by atoms with Crippen molar-refractivity contribution in [3.63, 3.8) is 0 Å². The lowest BCUT2D eigenvalue weighted by Crippen LogP contribution is -2.11. The lowest BCUT2D eigenvalue weighted by molar-refractivity contribution is 0.411. The van der Waals surface area contributed by atoms with E-state index in [1.807, 2.05) is 12.1 Å². The maximum absolute atomic E-state index is 5.47. The molecule has 0 aliphatic carbocycles. The summed E-state index contributed by atoms with van der Waals surface area (Å²) in [7, 11) is 5.90. The molecule has 21 heavy (non-hydrogen) atoms. The molecule has 0 bridgehead atoms. The van der Waals surface area contributed by atoms with Gasteiger partial charge in [0, 0.05) is 13.0 Å². The van der Waals surface area contributed by atoms with Crippen LogP contribution < -0.4 is 4.74 Å². The molecule has 2 rings (SSSR count). The van der Waals surface area contributed by atoms with Gasteiger partial charge in [-0.25, -0.2) is 0 Å². The molecule has 0 saturated heterocycles. The Balaban J connectivity index is 2.30. The number of hydrogen-bond donors (Lipinski definition) is 0. The van der Waals surface area contributed by atoms with Gasteiger partial charge in [-0.1, -0.05) is 54.6 Å². The number of allylic oxidation sites excluding steroid dienone is 1. The number of likely N-dealkylation sites (N-methyl/N-ethyl adjacent to an activating group) is 1. The van der Waals surface area contributed by atoms with E-state index in [2.05, 4.69) is 67.5 Å². The zero-order chi connectivity index (χ0) is 15.1. The van der Waals surface area contributed by atoms with Crippen LogP contribution >= 0.6 is 0 Å². The Kier molecular flexibility index (Phi) is 5.59. The van der Waals surface area contributed by atoms with Crippen LogP contribution in [0.15, 0.2) is 60.7 Å². The monoisotopic (exact) mass is 281 g/mol. The molecule has 0 unspecified atom stereocenters. The fourth-order valence-electron chi connectivity index (χ4n) is 2.29. The summed E-state index contributed by atoms with van der Waals surface area (Å²) in [6, 6.07) is 18.8. The van der Waals surface area contributed by atoms with Gasteiger partial charge in [0.2, 0.25) is 0 Å². The van der Waals surface area contributed by atoms with Gasteiger partial charge in [-0.2, -0.15) is 0 Å². The zero-order valence-electron chi connectivity index (χ0n) is 13.0. The van der Waals surface area contributed by atoms with Crippen molar-refractivity contribution in [2.45, 2.75) is 6.42 Å². The molecule has 0 aromatic heterocycles. The number of nitrogens with zero attached hydrogens (tertiary/aromatic N) is 1. The highest BCUT2D eigenvalue weighted by Crippen LogP contribution is 2.25. The Morgan fingerprint density at radius 1 is 1.00 bits per heavy atom. The largest absolute Gasteiger partial charge is 0.496 e. The predicted octanol–water partition coefficient (Wildman–Crippen LogP) is 3.88. The fourth-order valence-corrected chi connectivity index (χ4v) is 2.29. The van der Waals surface area contributed by atoms with E-state index in [4.69, 9.17) is 4.74 Å². The number of rotatable bonds is 6. The van der Waals surface area contributed by atoms with Crippen LogP contribution in [0, 0.1) is 0 Å². The molecule has 2 nitrogen and oxygen atoms in total. The minimum Gasteiger partial charge on any atom is -0.496 e. The van der Waals surface area contributed by atoms with Crippen LogP contribution in [0.3, 0.4) is 0 Å². The molecule has 0 aliphatic heterocycles. The second-order valence-electron chi connectivity index (χ2n) is 5.35. The Labute approximate surface area is 127 Å². The van der Waals surface area contributed by atoms with Crippen molar-refractivity contribution >= 4 is 5.57 Å². The van der Waals surface area contributed by atoms with E-state index in [-0.39, 0.29) is 0 Å². The first-order valence-corrected chi connectivity index (χ1v) is 7.22. The number of ether oxygens (including phenoxy) is 1. The van der Waals surface area contributed by atoms with E-state index in [1.165, 1.54) is 16.7 Å². The van der Waals surface area contributed by atoms with E-state index < -0.39 is 0 Å². The van der Waals surface area contributed by atoms with E-state index in [1.54, 1.807) is 7.11 Å². The van der Waals surface area contributed by atoms with Gasteiger partial charge in [-0.3, -0.25) is 0 Å². The molecule has 2 heteroatoms. The summed E-state index contributed by atoms with van der Waals surface area (Å²) in [4.78, 5) is 2.17. The average Bonchev–Trinajstić information content (AvgIpc) is 2.52. The van der Waals surface area contributed by atoms with Crippen molar-refractivity contribution in [3.05, 3.63) is 71.8 Å². The summed E-state index contributed by atoms with van der Waals surface area (Å²) >= 11 is 0. The first-order valence-electron chi connectivity index (χ1n) is 7.22. The van der Waals surface area contributed by atoms with Gasteiger partial charge in [0.1, 0.15) is 5.75 Å². The van der Waals surface area contributed by atoms with Gasteiger partial charge in [0.25, 0.3) is 0 Å². The summed E-state index contributed by atoms with van der Waals surface area (Å²) in [6.45, 7) is 0.930. The number of benzene rings is 2. The van der Waals surface area contributed by atoms with Crippen LogP contribution in [-0.4, -0.2) is 32.6 Å². The van der Waals surface area contributed by atoms with Crippen molar-refractivity contribution < 1.29 is 4.74 Å². The zero-order valence-corrected chi connectivity index (χ0v) is 13.0. The van der Waals surface area contributed by atoms with Crippen LogP contribution in [-0.2, 0) is 6.42 Å². The summed E-state index contributed by atoms with van der Waals surface area (Å²) < 4.78 is 5.47. The van der Waals surface area contributed by atoms with Crippen molar-refractivity contribution in [1.29, 1.82) is 0 Å². The molecule has 0 atom stereocenters. The average molecular weight is 281 g/mol. The fraction of sp³-hybridized carbons (Fsp3) is 0.263. The molecule has 0 amide bonds. The summed E-state index contributed by atoms with van der Waals surface area (Å²) in [6.07, 6.45) is 3.17. The van der Waals surface area contributed by atoms with Gasteiger partial charge in [-0.05, 0) is 36.9 Å². The quantitative estimate of drug-likeness (QED) is 0.796. The Morgan fingerprint density at radius 3 is 2.33 bits per heavy atom. The molecule has 2 aromatic carbocycles. The van der Waals surface area contributed by atoms with Gasteiger partial charge in [0.05, 0.1) is 7.11 Å². The highest BCUT2D eigenvalue weighted by atomic mass is 16.5. The molecule has 0 N–H and O–H groups in total. The number of hydrogen-bond acceptors (Lipinski definition) is 2. The standard InChI is InChI=1S/C19H23NO/c1-20(2)14-13-17(16-9-5-4-6-10-16)15-18-11-7-8-12-19(18)21-3/h4-13H,14-15H2,1-3H3/b17-13-. The number of para-hydroxylation sites is 1. The predicted molar refractivity (Wildman–Crippen MR) is 89.7 cm³/mol. The molecule has 0 radical (unpaired) electrons. The van der Waals surface area contributed by atoms with Gasteiger partial charge in [0.15, 0.2) is 0 Å². The van der Waals surface area contributed by atoms with Crippen molar-refractivity contribution in [3.8, 4) is 5.75 Å². The highest BCUT2D eigenvalue weighted by Gasteiger charge is 2.07. The van der Waals surface area contributed by atoms with Crippen LogP contribution in [0.25, 0.3) is 5.57 Å². The van der Waals surface area contributed by atoms with Crippen molar-refractivity contribution in [2.75, 3.05) is 27.7 Å². The van der Waals surface area contributed by atoms with Crippen LogP contribution in [0.1, 0.15) is 11.1 Å². The van der Waals surface area contributed by atoms with Gasteiger partial charge in [-0.15, -0.1) is 0 Å². The summed E-state index contributed by atoms with van der Waals surface area (Å²) in [5.41, 5.74) is 3.81. The first-order chi connectivity index (χ1) is 10.2. The molecule has 0 spiro atoms. The van der Waals surface area contributed by atoms with Crippen molar-refractivity contribution in [1.82, 2.24) is 4.90 Å². The molecule has 2 aromatic rings. The second-order valence-corrected chi connectivity index (χ2v) is 5.35. The summed E-state index contributed by atoms with van der Waals surface area (Å²) in [5, 5.41) is 0. The van der Waals surface area contributed by atoms with Crippen LogP contribution in [0.2, 0.25) is 0 Å². The van der Waals surface area contributed by atoms with Gasteiger partial charge < -0.3 is 9.64 Å². The van der Waals surface area contributed by atoms with Crippen LogP contribution in [0.5, 0.6) is 5.75 Å². The third-order valence-corrected chi connectivity index (χ3v) is 3.42. The highest BCUT2D eigenvalue weighted by molar-refractivity contribution is 5.68. The molecule has 110 valence electrons. The lowest BCUT2D eigenvalue weighted by Gasteiger charge is -2.13. The third-order valence-electron chi connectivity index (χ3n) is 3.42. The van der Waals surface area contributed by atoms with E-state index in [0.717, 1.165) is 18.7 Å². The van der Waals surface area contributed by atoms with E-state index in [0.29, 0.717) is 0 Å². The molecule has 0 fully saturated rings. The molecular weight excluding hydrogens is 258 g/mol. The smallest absolute Gasteiger partial charge is 0.122 e. The Morgan fingerprint density at radius 2 is 1.67 bits per heavy atom. The minimum atomic E-state index is 0.877. The Hall–Kier alpha value is -2.06. The Bertz CT molecular complexity index is 588. The van der Waals surface area contributed by atoms with E-state index in [9.17, 15) is 0 Å². The third kappa shape index (κ3) is 4.47. The first kappa shape index (κ1) is 15.3. The SMILES string of the molecule is COc1ccccc1C/C(=C/CN(C)C)c1ccccc1. The topological polar surface area (TPSA) is 12.5 Å². The van der Waals surface area contributed by atoms with E-state index >= 15 is 0 Å².